The van der Waals surface area contributed by atoms with E-state index in [1.54, 1.807) is 18.3 Å². The molecule has 1 aromatic carbocycles. The fourth-order valence-electron chi connectivity index (χ4n) is 3.84. The van der Waals surface area contributed by atoms with E-state index in [0.29, 0.717) is 11.6 Å². The zero-order valence-corrected chi connectivity index (χ0v) is 17.1. The summed E-state index contributed by atoms with van der Waals surface area (Å²) in [6.45, 7) is 1.87. The van der Waals surface area contributed by atoms with Crippen LogP contribution in [0, 0.1) is 0 Å². The van der Waals surface area contributed by atoms with Crippen molar-refractivity contribution < 1.29 is 0 Å². The molecule has 7 heteroatoms. The summed E-state index contributed by atoms with van der Waals surface area (Å²) in [4.78, 5) is 23.8. The number of hydrogen-bond acceptors (Lipinski definition) is 6. The van der Waals surface area contributed by atoms with E-state index in [1.165, 1.54) is 12.8 Å². The molecule has 29 heavy (non-hydrogen) atoms. The van der Waals surface area contributed by atoms with E-state index < -0.39 is 0 Å². The molecule has 2 N–H and O–H groups in total. The van der Waals surface area contributed by atoms with Gasteiger partial charge in [-0.05, 0) is 57.3 Å². The highest BCUT2D eigenvalue weighted by atomic mass is 16.1. The third-order valence-corrected chi connectivity index (χ3v) is 5.39. The van der Waals surface area contributed by atoms with Crippen LogP contribution in [-0.2, 0) is 0 Å². The van der Waals surface area contributed by atoms with Crippen molar-refractivity contribution in [3.05, 3.63) is 52.9 Å². The maximum absolute atomic E-state index is 12.5. The predicted octanol–water partition coefficient (Wildman–Crippen LogP) is 3.62. The molecule has 0 atom stereocenters. The highest BCUT2D eigenvalue weighted by Crippen LogP contribution is 2.30. The van der Waals surface area contributed by atoms with E-state index >= 15 is 0 Å². The Morgan fingerprint density at radius 1 is 1.07 bits per heavy atom. The second-order valence-electron chi connectivity index (χ2n) is 7.88. The lowest BCUT2D eigenvalue weighted by Crippen LogP contribution is -2.23. The first kappa shape index (κ1) is 19.4. The summed E-state index contributed by atoms with van der Waals surface area (Å²) in [5.41, 5.74) is 2.71. The minimum Gasteiger partial charge on any atom is -0.384 e. The summed E-state index contributed by atoms with van der Waals surface area (Å²) in [5, 5.41) is 7.55. The molecule has 2 heterocycles. The number of anilines is 3. The minimum absolute atomic E-state index is 0.0159. The molecule has 0 aliphatic heterocycles. The predicted molar refractivity (Wildman–Crippen MR) is 118 cm³/mol. The Morgan fingerprint density at radius 2 is 1.79 bits per heavy atom. The number of nitrogens with one attached hydrogen (secondary N) is 2. The molecule has 0 bridgehead atoms. The zero-order valence-electron chi connectivity index (χ0n) is 17.1. The minimum atomic E-state index is 0.0159. The molecule has 1 aliphatic carbocycles. The van der Waals surface area contributed by atoms with Crippen LogP contribution in [-0.4, -0.2) is 46.6 Å². The van der Waals surface area contributed by atoms with Gasteiger partial charge in [0.25, 0.3) is 5.56 Å². The lowest BCUT2D eigenvalue weighted by atomic mass is 10.2. The Bertz CT molecular complexity index is 1020. The van der Waals surface area contributed by atoms with E-state index in [9.17, 15) is 4.79 Å². The first-order valence-corrected chi connectivity index (χ1v) is 10.2. The molecule has 0 spiro atoms. The molecule has 152 valence electrons. The molecule has 7 nitrogen and oxygen atoms in total. The van der Waals surface area contributed by atoms with Gasteiger partial charge in [0.05, 0.1) is 0 Å². The zero-order chi connectivity index (χ0) is 20.2. The van der Waals surface area contributed by atoms with Crippen LogP contribution in [0.1, 0.15) is 31.7 Å². The second-order valence-corrected chi connectivity index (χ2v) is 7.88. The third kappa shape index (κ3) is 4.56. The van der Waals surface area contributed by atoms with Gasteiger partial charge >= 0.3 is 0 Å². The van der Waals surface area contributed by atoms with Gasteiger partial charge in [0.1, 0.15) is 5.65 Å². The van der Waals surface area contributed by atoms with E-state index in [4.69, 9.17) is 0 Å². The van der Waals surface area contributed by atoms with Crippen LogP contribution < -0.4 is 16.2 Å². The molecule has 1 fully saturated rings. The Balaban J connectivity index is 1.54. The smallest absolute Gasteiger partial charge is 0.252 e. The summed E-state index contributed by atoms with van der Waals surface area (Å²) in [6.07, 6.45) is 6.19. The highest BCUT2D eigenvalue weighted by Gasteiger charge is 2.20. The van der Waals surface area contributed by atoms with Crippen LogP contribution in [0.5, 0.6) is 0 Å². The van der Waals surface area contributed by atoms with Gasteiger partial charge in [-0.15, -0.1) is 0 Å². The Labute approximate surface area is 170 Å². The van der Waals surface area contributed by atoms with Crippen molar-refractivity contribution in [3.8, 4) is 0 Å². The van der Waals surface area contributed by atoms with Crippen LogP contribution in [0.4, 0.5) is 17.3 Å². The Hall–Kier alpha value is -2.93. The van der Waals surface area contributed by atoms with Crippen LogP contribution >= 0.6 is 0 Å². The molecular weight excluding hydrogens is 364 g/mol. The summed E-state index contributed by atoms with van der Waals surface area (Å²) in [5.74, 6) is 0.503. The summed E-state index contributed by atoms with van der Waals surface area (Å²) in [6, 6.07) is 11.7. The molecule has 1 aliphatic rings. The lowest BCUT2D eigenvalue weighted by molar-refractivity contribution is 0.425. The normalized spacial score (nSPS) is 14.6. The van der Waals surface area contributed by atoms with Crippen molar-refractivity contribution in [2.24, 2.45) is 0 Å². The number of benzene rings is 1. The van der Waals surface area contributed by atoms with Crippen LogP contribution in [0.2, 0.25) is 0 Å². The maximum Gasteiger partial charge on any atom is 0.252 e. The number of pyridine rings is 1. The number of likely N-dealkylation sites (N-methyl/N-ethyl adjacent to an activating group) is 1. The topological polar surface area (TPSA) is 75.1 Å². The molecule has 0 saturated heterocycles. The average Bonchev–Trinajstić information content (AvgIpc) is 3.23. The van der Waals surface area contributed by atoms with Gasteiger partial charge < -0.3 is 15.5 Å². The maximum atomic E-state index is 12.5. The molecule has 4 rings (SSSR count). The van der Waals surface area contributed by atoms with Gasteiger partial charge in [0.15, 0.2) is 0 Å². The number of aromatic nitrogens is 3. The molecule has 0 amide bonds. The first-order chi connectivity index (χ1) is 14.1. The van der Waals surface area contributed by atoms with E-state index in [2.05, 4.69) is 39.6 Å². The van der Waals surface area contributed by atoms with Crippen LogP contribution in [0.15, 0.2) is 47.4 Å². The van der Waals surface area contributed by atoms with Crippen LogP contribution in [0.3, 0.4) is 0 Å². The first-order valence-electron chi connectivity index (χ1n) is 10.2. The Morgan fingerprint density at radius 3 is 2.52 bits per heavy atom. The Kier molecular flexibility index (Phi) is 5.76. The second kappa shape index (κ2) is 8.61. The number of nitrogens with zero attached hydrogens (tertiary/aromatic N) is 4. The fourth-order valence-corrected chi connectivity index (χ4v) is 3.84. The van der Waals surface area contributed by atoms with Gasteiger partial charge in [-0.3, -0.25) is 9.36 Å². The lowest BCUT2D eigenvalue weighted by Gasteiger charge is -2.16. The van der Waals surface area contributed by atoms with Gasteiger partial charge in [-0.2, -0.15) is 4.98 Å². The van der Waals surface area contributed by atoms with Gasteiger partial charge in [0.2, 0.25) is 5.95 Å². The largest absolute Gasteiger partial charge is 0.384 e. The molecule has 2 aromatic heterocycles. The molecule has 1 saturated carbocycles. The van der Waals surface area contributed by atoms with Crippen LogP contribution in [0.25, 0.3) is 11.0 Å². The van der Waals surface area contributed by atoms with Crippen molar-refractivity contribution in [1.29, 1.82) is 0 Å². The summed E-state index contributed by atoms with van der Waals surface area (Å²) >= 11 is 0. The number of fused-ring (bicyclic) bond motifs is 1. The quantitative estimate of drug-likeness (QED) is 0.640. The molecule has 3 aromatic rings. The SMILES string of the molecule is CN(C)CCNc1ccc(Nc2ncc3ccc(=O)n(C4CCCC4)c3n2)cc1. The third-order valence-electron chi connectivity index (χ3n) is 5.39. The van der Waals surface area contributed by atoms with E-state index in [0.717, 1.165) is 42.7 Å². The summed E-state index contributed by atoms with van der Waals surface area (Å²) < 4.78 is 1.85. The molecule has 0 radical (unpaired) electrons. The average molecular weight is 393 g/mol. The van der Waals surface area contributed by atoms with Crippen molar-refractivity contribution >= 4 is 28.4 Å². The van der Waals surface area contributed by atoms with Crippen molar-refractivity contribution in [2.75, 3.05) is 37.8 Å². The van der Waals surface area contributed by atoms with Crippen molar-refractivity contribution in [1.82, 2.24) is 19.4 Å². The standard InChI is InChI=1S/C22H28N6O/c1-27(2)14-13-23-17-8-10-18(11-9-17)25-22-24-15-16-7-12-20(29)28(21(16)26-22)19-5-3-4-6-19/h7-12,15,19,23H,3-6,13-14H2,1-2H3,(H,24,25,26). The summed E-state index contributed by atoms with van der Waals surface area (Å²) in [7, 11) is 4.12. The van der Waals surface area contributed by atoms with Crippen molar-refractivity contribution in [2.45, 2.75) is 31.7 Å². The van der Waals surface area contributed by atoms with E-state index in [1.807, 2.05) is 28.8 Å². The van der Waals surface area contributed by atoms with E-state index in [-0.39, 0.29) is 11.6 Å². The number of hydrogen-bond donors (Lipinski definition) is 2. The number of rotatable bonds is 7. The van der Waals surface area contributed by atoms with Gasteiger partial charge in [0, 0.05) is 48.2 Å². The van der Waals surface area contributed by atoms with Gasteiger partial charge in [-0.25, -0.2) is 4.98 Å². The monoisotopic (exact) mass is 392 g/mol. The van der Waals surface area contributed by atoms with Gasteiger partial charge in [-0.1, -0.05) is 12.8 Å². The fraction of sp³-hybridized carbons (Fsp3) is 0.409. The highest BCUT2D eigenvalue weighted by molar-refractivity contribution is 5.76. The molecular formula is C22H28N6O. The molecule has 0 unspecified atom stereocenters. The van der Waals surface area contributed by atoms with Crippen molar-refractivity contribution in [3.63, 3.8) is 0 Å².